The molecule has 2 aromatic rings. The fourth-order valence-electron chi connectivity index (χ4n) is 2.76. The highest BCUT2D eigenvalue weighted by Gasteiger charge is 2.18. The largest absolute Gasteiger partial charge is 0.354 e. The Labute approximate surface area is 167 Å². The maximum Gasteiger partial charge on any atom is 0.236 e. The standard InChI is InChI=1S/C20H26N2O3S.ClH/c1-26(24,25)13-12-19(21)20(23)22-15-18(17-10-6-3-7-11-17)14-16-8-4-2-5-9-16;/h2-11,18-19H,12-15,21H2,1H3,(H,22,23);1H. The van der Waals surface area contributed by atoms with Crippen LogP contribution in [0.3, 0.4) is 0 Å². The summed E-state index contributed by atoms with van der Waals surface area (Å²) in [6.45, 7) is 0.449. The summed E-state index contributed by atoms with van der Waals surface area (Å²) in [5, 5.41) is 2.88. The molecule has 27 heavy (non-hydrogen) atoms. The molecule has 0 bridgehead atoms. The van der Waals surface area contributed by atoms with Crippen LogP contribution in [0, 0.1) is 0 Å². The lowest BCUT2D eigenvalue weighted by Gasteiger charge is -2.20. The van der Waals surface area contributed by atoms with Gasteiger partial charge in [0.25, 0.3) is 0 Å². The normalized spacial score (nSPS) is 13.3. The molecule has 5 nitrogen and oxygen atoms in total. The van der Waals surface area contributed by atoms with Gasteiger partial charge in [-0.2, -0.15) is 0 Å². The number of carbonyl (C=O) groups is 1. The SMILES string of the molecule is CS(=O)(=O)CCC(N)C(=O)NCC(Cc1ccccc1)c1ccccc1.Cl. The van der Waals surface area contributed by atoms with Gasteiger partial charge in [0.05, 0.1) is 11.8 Å². The minimum Gasteiger partial charge on any atom is -0.354 e. The van der Waals surface area contributed by atoms with Gasteiger partial charge in [0.1, 0.15) is 9.84 Å². The monoisotopic (exact) mass is 410 g/mol. The van der Waals surface area contributed by atoms with Crippen LogP contribution < -0.4 is 11.1 Å². The first-order valence-electron chi connectivity index (χ1n) is 8.65. The number of nitrogens with two attached hydrogens (primary N) is 1. The summed E-state index contributed by atoms with van der Waals surface area (Å²) in [5.74, 6) is -0.291. The van der Waals surface area contributed by atoms with Gasteiger partial charge >= 0.3 is 0 Å². The fraction of sp³-hybridized carbons (Fsp3) is 0.350. The van der Waals surface area contributed by atoms with Gasteiger partial charge < -0.3 is 11.1 Å². The third kappa shape index (κ3) is 8.56. The average molecular weight is 411 g/mol. The molecule has 0 saturated heterocycles. The summed E-state index contributed by atoms with van der Waals surface area (Å²) in [6.07, 6.45) is 2.06. The maximum atomic E-state index is 12.2. The fourth-order valence-corrected chi connectivity index (χ4v) is 3.44. The Morgan fingerprint density at radius 2 is 1.59 bits per heavy atom. The molecule has 0 fully saturated rings. The van der Waals surface area contributed by atoms with Crippen LogP contribution >= 0.6 is 12.4 Å². The first kappa shape index (κ1) is 23.1. The number of carbonyl (C=O) groups excluding carboxylic acids is 1. The van der Waals surface area contributed by atoms with Crippen LogP contribution in [0.5, 0.6) is 0 Å². The van der Waals surface area contributed by atoms with E-state index in [0.29, 0.717) is 6.54 Å². The number of hydrogen-bond donors (Lipinski definition) is 2. The maximum absolute atomic E-state index is 12.2. The van der Waals surface area contributed by atoms with Crippen LogP contribution in [0.25, 0.3) is 0 Å². The molecule has 0 heterocycles. The molecule has 148 valence electrons. The Morgan fingerprint density at radius 1 is 1.04 bits per heavy atom. The third-order valence-electron chi connectivity index (χ3n) is 4.26. The van der Waals surface area contributed by atoms with E-state index >= 15 is 0 Å². The first-order valence-corrected chi connectivity index (χ1v) is 10.7. The summed E-state index contributed by atoms with van der Waals surface area (Å²) in [5.41, 5.74) is 8.16. The van der Waals surface area contributed by atoms with Crippen molar-refractivity contribution in [2.75, 3.05) is 18.6 Å². The summed E-state index contributed by atoms with van der Waals surface area (Å²) >= 11 is 0. The van der Waals surface area contributed by atoms with Gasteiger partial charge in [-0.05, 0) is 24.0 Å². The number of halogens is 1. The predicted octanol–water partition coefficient (Wildman–Crippen LogP) is 2.31. The molecule has 2 atom stereocenters. The van der Waals surface area contributed by atoms with Gasteiger partial charge in [0.2, 0.25) is 5.91 Å². The van der Waals surface area contributed by atoms with E-state index in [2.05, 4.69) is 17.4 Å². The zero-order valence-corrected chi connectivity index (χ0v) is 17.0. The zero-order chi connectivity index (χ0) is 19.0. The van der Waals surface area contributed by atoms with Crippen molar-refractivity contribution in [3.63, 3.8) is 0 Å². The third-order valence-corrected chi connectivity index (χ3v) is 5.23. The van der Waals surface area contributed by atoms with E-state index in [0.717, 1.165) is 18.2 Å². The molecule has 0 saturated carbocycles. The van der Waals surface area contributed by atoms with Crippen LogP contribution in [-0.2, 0) is 21.1 Å². The molecule has 2 aromatic carbocycles. The van der Waals surface area contributed by atoms with Crippen molar-refractivity contribution in [2.24, 2.45) is 5.73 Å². The number of sulfone groups is 1. The molecule has 0 aliphatic heterocycles. The van der Waals surface area contributed by atoms with Gasteiger partial charge in [-0.3, -0.25) is 4.79 Å². The lowest BCUT2D eigenvalue weighted by Crippen LogP contribution is -2.43. The summed E-state index contributed by atoms with van der Waals surface area (Å²) in [4.78, 5) is 12.2. The second-order valence-electron chi connectivity index (χ2n) is 6.57. The quantitative estimate of drug-likeness (QED) is 0.663. The highest BCUT2D eigenvalue weighted by Crippen LogP contribution is 2.20. The van der Waals surface area contributed by atoms with E-state index in [1.807, 2.05) is 48.5 Å². The van der Waals surface area contributed by atoms with Crippen molar-refractivity contribution in [3.8, 4) is 0 Å². The Morgan fingerprint density at radius 3 is 2.15 bits per heavy atom. The number of rotatable bonds is 9. The van der Waals surface area contributed by atoms with Gasteiger partial charge in [0, 0.05) is 18.7 Å². The topological polar surface area (TPSA) is 89.3 Å². The molecular formula is C20H27ClN2O3S. The number of nitrogens with one attached hydrogen (secondary N) is 1. The molecule has 0 radical (unpaired) electrons. The first-order chi connectivity index (χ1) is 12.3. The molecule has 0 aromatic heterocycles. The molecule has 7 heteroatoms. The van der Waals surface area contributed by atoms with Crippen molar-refractivity contribution >= 4 is 28.2 Å². The summed E-state index contributed by atoms with van der Waals surface area (Å²) < 4.78 is 22.5. The van der Waals surface area contributed by atoms with Crippen LogP contribution in [0.1, 0.15) is 23.5 Å². The molecule has 0 aliphatic rings. The van der Waals surface area contributed by atoms with Crippen LogP contribution in [-0.4, -0.2) is 38.9 Å². The minimum absolute atomic E-state index is 0. The summed E-state index contributed by atoms with van der Waals surface area (Å²) in [7, 11) is -3.13. The molecule has 0 spiro atoms. The van der Waals surface area contributed by atoms with Crippen molar-refractivity contribution in [2.45, 2.75) is 24.8 Å². The molecule has 1 amide bonds. The smallest absolute Gasteiger partial charge is 0.236 e. The van der Waals surface area contributed by atoms with Gasteiger partial charge in [0.15, 0.2) is 0 Å². The second-order valence-corrected chi connectivity index (χ2v) is 8.83. The molecule has 2 unspecified atom stereocenters. The van der Waals surface area contributed by atoms with E-state index in [1.165, 1.54) is 5.56 Å². The molecular weight excluding hydrogens is 384 g/mol. The Balaban J connectivity index is 0.00000364. The van der Waals surface area contributed by atoms with Gasteiger partial charge in [-0.25, -0.2) is 8.42 Å². The highest BCUT2D eigenvalue weighted by atomic mass is 35.5. The van der Waals surface area contributed by atoms with E-state index in [1.54, 1.807) is 0 Å². The number of hydrogen-bond acceptors (Lipinski definition) is 4. The van der Waals surface area contributed by atoms with Crippen LogP contribution in [0.4, 0.5) is 0 Å². The predicted molar refractivity (Wildman–Crippen MR) is 112 cm³/mol. The van der Waals surface area contributed by atoms with E-state index < -0.39 is 15.9 Å². The zero-order valence-electron chi connectivity index (χ0n) is 15.4. The van der Waals surface area contributed by atoms with E-state index in [-0.39, 0.29) is 36.4 Å². The van der Waals surface area contributed by atoms with Crippen molar-refractivity contribution < 1.29 is 13.2 Å². The van der Waals surface area contributed by atoms with Crippen LogP contribution in [0.15, 0.2) is 60.7 Å². The minimum atomic E-state index is -3.13. The van der Waals surface area contributed by atoms with Crippen LogP contribution in [0.2, 0.25) is 0 Å². The van der Waals surface area contributed by atoms with E-state index in [4.69, 9.17) is 5.73 Å². The van der Waals surface area contributed by atoms with Gasteiger partial charge in [-0.15, -0.1) is 12.4 Å². The van der Waals surface area contributed by atoms with E-state index in [9.17, 15) is 13.2 Å². The van der Waals surface area contributed by atoms with Crippen molar-refractivity contribution in [3.05, 3.63) is 71.8 Å². The van der Waals surface area contributed by atoms with Crippen molar-refractivity contribution in [1.29, 1.82) is 0 Å². The highest BCUT2D eigenvalue weighted by molar-refractivity contribution is 7.90. The summed E-state index contributed by atoms with van der Waals surface area (Å²) in [6, 6.07) is 19.3. The number of amides is 1. The molecule has 2 rings (SSSR count). The lowest BCUT2D eigenvalue weighted by molar-refractivity contribution is -0.122. The average Bonchev–Trinajstić information content (AvgIpc) is 2.63. The second kappa shape index (κ2) is 11.1. The Kier molecular flexibility index (Phi) is 9.49. The molecule has 3 N–H and O–H groups in total. The Bertz CT molecular complexity index is 798. The number of benzene rings is 2. The Hall–Kier alpha value is -1.89. The molecule has 0 aliphatic carbocycles. The lowest BCUT2D eigenvalue weighted by atomic mass is 9.92. The van der Waals surface area contributed by atoms with Gasteiger partial charge in [-0.1, -0.05) is 60.7 Å². The van der Waals surface area contributed by atoms with Crippen molar-refractivity contribution in [1.82, 2.24) is 5.32 Å².